The third-order valence-electron chi connectivity index (χ3n) is 2.55. The highest BCUT2D eigenvalue weighted by Gasteiger charge is 2.23. The van der Waals surface area contributed by atoms with Crippen LogP contribution >= 0.6 is 11.8 Å². The van der Waals surface area contributed by atoms with Crippen LogP contribution in [0.5, 0.6) is 0 Å². The molecule has 2 atom stereocenters. The largest absolute Gasteiger partial charge is 0.396 e. The Labute approximate surface area is 85.5 Å². The number of hydrogen-bond donors (Lipinski definition) is 2. The lowest BCUT2D eigenvalue weighted by Gasteiger charge is -2.12. The smallest absolute Gasteiger partial charge is 0.0443 e. The Morgan fingerprint density at radius 1 is 1.46 bits per heavy atom. The van der Waals surface area contributed by atoms with E-state index in [1.54, 1.807) is 0 Å². The maximum atomic E-state index is 8.63. The lowest BCUT2D eigenvalue weighted by molar-refractivity contribution is 0.283. The topological polar surface area (TPSA) is 32.3 Å². The molecule has 13 heavy (non-hydrogen) atoms. The van der Waals surface area contributed by atoms with Crippen molar-refractivity contribution in [2.75, 3.05) is 18.9 Å². The van der Waals surface area contributed by atoms with E-state index < -0.39 is 0 Å². The van der Waals surface area contributed by atoms with Gasteiger partial charge in [0.1, 0.15) is 0 Å². The number of aliphatic hydroxyl groups is 1. The zero-order valence-corrected chi connectivity index (χ0v) is 9.28. The van der Waals surface area contributed by atoms with Crippen LogP contribution in [0.25, 0.3) is 0 Å². The zero-order chi connectivity index (χ0) is 9.52. The minimum atomic E-state index is 0.312. The first kappa shape index (κ1) is 11.3. The molecule has 0 amide bonds. The maximum Gasteiger partial charge on any atom is 0.0443 e. The van der Waals surface area contributed by atoms with E-state index in [9.17, 15) is 0 Å². The van der Waals surface area contributed by atoms with Crippen LogP contribution in [0.3, 0.4) is 0 Å². The Bertz CT molecular complexity index is 132. The molecule has 2 unspecified atom stereocenters. The number of rotatable bonds is 6. The molecule has 0 aromatic heterocycles. The van der Waals surface area contributed by atoms with Crippen molar-refractivity contribution in [1.29, 1.82) is 0 Å². The Balaban J connectivity index is 2.03. The normalized spacial score (nSPS) is 28.2. The van der Waals surface area contributed by atoms with Gasteiger partial charge in [-0.3, -0.25) is 0 Å². The molecular formula is C10H21NOS. The van der Waals surface area contributed by atoms with Crippen molar-refractivity contribution >= 4 is 11.8 Å². The van der Waals surface area contributed by atoms with Gasteiger partial charge in [0.15, 0.2) is 0 Å². The van der Waals surface area contributed by atoms with E-state index in [2.05, 4.69) is 24.0 Å². The van der Waals surface area contributed by atoms with E-state index in [0.717, 1.165) is 24.3 Å². The highest BCUT2D eigenvalue weighted by atomic mass is 32.2. The Hall–Kier alpha value is 0.270. The van der Waals surface area contributed by atoms with Gasteiger partial charge in [0, 0.05) is 17.9 Å². The van der Waals surface area contributed by atoms with Gasteiger partial charge < -0.3 is 10.4 Å². The van der Waals surface area contributed by atoms with Crippen molar-refractivity contribution < 1.29 is 5.11 Å². The molecular weight excluding hydrogens is 182 g/mol. The molecule has 2 N–H and O–H groups in total. The fourth-order valence-electron chi connectivity index (χ4n) is 1.90. The summed E-state index contributed by atoms with van der Waals surface area (Å²) in [5, 5.41) is 13.0. The molecule has 78 valence electrons. The fraction of sp³-hybridized carbons (Fsp3) is 1.00. The van der Waals surface area contributed by atoms with E-state index in [1.807, 2.05) is 0 Å². The second-order valence-corrected chi connectivity index (χ2v) is 5.20. The molecule has 0 aromatic rings. The summed E-state index contributed by atoms with van der Waals surface area (Å²) in [6.45, 7) is 3.52. The van der Waals surface area contributed by atoms with Crippen molar-refractivity contribution in [3.8, 4) is 0 Å². The second-order valence-electron chi connectivity index (χ2n) is 3.62. The predicted octanol–water partition coefficient (Wildman–Crippen LogP) is 1.63. The molecule has 1 aliphatic rings. The molecule has 0 spiro atoms. The molecule has 1 fully saturated rings. The molecule has 0 aromatic carbocycles. The quantitative estimate of drug-likeness (QED) is 0.644. The summed E-state index contributed by atoms with van der Waals surface area (Å²) in [5.41, 5.74) is 0. The molecule has 0 radical (unpaired) electrons. The molecule has 2 nitrogen and oxygen atoms in total. The summed E-state index contributed by atoms with van der Waals surface area (Å²) in [7, 11) is 0. The molecule has 0 aliphatic heterocycles. The van der Waals surface area contributed by atoms with Crippen LogP contribution < -0.4 is 5.32 Å². The summed E-state index contributed by atoms with van der Waals surface area (Å²) >= 11 is 2.09. The highest BCUT2D eigenvalue weighted by Crippen LogP contribution is 2.29. The third kappa shape index (κ3) is 4.34. The van der Waals surface area contributed by atoms with E-state index in [0.29, 0.717) is 6.61 Å². The van der Waals surface area contributed by atoms with Crippen LogP contribution in [0, 0.1) is 0 Å². The number of thioether (sulfide) groups is 1. The van der Waals surface area contributed by atoms with Gasteiger partial charge in [0.2, 0.25) is 0 Å². The van der Waals surface area contributed by atoms with Crippen molar-refractivity contribution in [2.45, 2.75) is 43.9 Å². The lowest BCUT2D eigenvalue weighted by atomic mass is 10.2. The Morgan fingerprint density at radius 2 is 2.31 bits per heavy atom. The van der Waals surface area contributed by atoms with Gasteiger partial charge in [-0.2, -0.15) is 11.8 Å². The van der Waals surface area contributed by atoms with Gasteiger partial charge in [-0.05, 0) is 38.0 Å². The first-order valence-corrected chi connectivity index (χ1v) is 6.37. The van der Waals surface area contributed by atoms with Gasteiger partial charge >= 0.3 is 0 Å². The lowest BCUT2D eigenvalue weighted by Crippen LogP contribution is -2.28. The highest BCUT2D eigenvalue weighted by molar-refractivity contribution is 7.99. The molecule has 0 saturated heterocycles. The van der Waals surface area contributed by atoms with Crippen LogP contribution in [0.15, 0.2) is 0 Å². The first-order chi connectivity index (χ1) is 6.36. The first-order valence-electron chi connectivity index (χ1n) is 5.32. The van der Waals surface area contributed by atoms with Gasteiger partial charge in [-0.15, -0.1) is 0 Å². The molecule has 1 saturated carbocycles. The van der Waals surface area contributed by atoms with Gasteiger partial charge in [0.25, 0.3) is 0 Å². The molecule has 0 bridgehead atoms. The van der Waals surface area contributed by atoms with E-state index in [4.69, 9.17) is 5.11 Å². The minimum Gasteiger partial charge on any atom is -0.396 e. The fourth-order valence-corrected chi connectivity index (χ4v) is 3.04. The van der Waals surface area contributed by atoms with Crippen molar-refractivity contribution in [3.05, 3.63) is 0 Å². The monoisotopic (exact) mass is 203 g/mol. The van der Waals surface area contributed by atoms with Gasteiger partial charge in [-0.25, -0.2) is 0 Å². The summed E-state index contributed by atoms with van der Waals surface area (Å²) in [6, 6.07) is 0.718. The number of nitrogens with one attached hydrogen (secondary N) is 1. The molecule has 1 aliphatic carbocycles. The average molecular weight is 203 g/mol. The standard InChI is InChI=1S/C10H21NOS/c1-2-13-10-5-4-9(8-10)11-6-3-7-12/h9-12H,2-8H2,1H3. The van der Waals surface area contributed by atoms with Crippen LogP contribution in [0.1, 0.15) is 32.6 Å². The second kappa shape index (κ2) is 6.68. The maximum absolute atomic E-state index is 8.63. The van der Waals surface area contributed by atoms with Crippen LogP contribution in [-0.2, 0) is 0 Å². The Morgan fingerprint density at radius 3 is 3.00 bits per heavy atom. The molecule has 3 heteroatoms. The van der Waals surface area contributed by atoms with Gasteiger partial charge in [0.05, 0.1) is 0 Å². The van der Waals surface area contributed by atoms with Crippen LogP contribution in [0.2, 0.25) is 0 Å². The predicted molar refractivity (Wildman–Crippen MR) is 59.3 cm³/mol. The van der Waals surface area contributed by atoms with Crippen LogP contribution in [0.4, 0.5) is 0 Å². The zero-order valence-electron chi connectivity index (χ0n) is 8.46. The summed E-state index contributed by atoms with van der Waals surface area (Å²) in [6.07, 6.45) is 4.91. The third-order valence-corrected chi connectivity index (χ3v) is 3.79. The van der Waals surface area contributed by atoms with Gasteiger partial charge in [-0.1, -0.05) is 6.92 Å². The van der Waals surface area contributed by atoms with Crippen molar-refractivity contribution in [2.24, 2.45) is 0 Å². The Kier molecular flexibility index (Phi) is 5.83. The average Bonchev–Trinajstić information content (AvgIpc) is 2.54. The number of aliphatic hydroxyl groups excluding tert-OH is 1. The van der Waals surface area contributed by atoms with Crippen molar-refractivity contribution in [3.63, 3.8) is 0 Å². The minimum absolute atomic E-state index is 0.312. The SMILES string of the molecule is CCSC1CCC(NCCCO)C1. The van der Waals surface area contributed by atoms with Crippen molar-refractivity contribution in [1.82, 2.24) is 5.32 Å². The van der Waals surface area contributed by atoms with E-state index in [1.165, 1.54) is 25.0 Å². The summed E-state index contributed by atoms with van der Waals surface area (Å²) < 4.78 is 0. The summed E-state index contributed by atoms with van der Waals surface area (Å²) in [5.74, 6) is 1.24. The van der Waals surface area contributed by atoms with E-state index >= 15 is 0 Å². The number of hydrogen-bond acceptors (Lipinski definition) is 3. The molecule has 1 rings (SSSR count). The van der Waals surface area contributed by atoms with E-state index in [-0.39, 0.29) is 0 Å². The summed E-state index contributed by atoms with van der Waals surface area (Å²) in [4.78, 5) is 0. The van der Waals surface area contributed by atoms with Crippen LogP contribution in [-0.4, -0.2) is 35.3 Å². The molecule has 0 heterocycles.